The van der Waals surface area contributed by atoms with Crippen LogP contribution in [0.1, 0.15) is 38.5 Å². The fraction of sp³-hybridized carbons (Fsp3) is 0.917. The van der Waals surface area contributed by atoms with Crippen molar-refractivity contribution in [1.29, 1.82) is 0 Å². The van der Waals surface area contributed by atoms with Crippen molar-refractivity contribution in [2.45, 2.75) is 50.6 Å². The van der Waals surface area contributed by atoms with Crippen molar-refractivity contribution in [1.82, 2.24) is 10.2 Å². The van der Waals surface area contributed by atoms with Crippen LogP contribution in [0.5, 0.6) is 0 Å². The normalized spacial score (nSPS) is 28.1. The van der Waals surface area contributed by atoms with Crippen molar-refractivity contribution < 1.29 is 4.79 Å². The average molecular weight is 208 g/mol. The van der Waals surface area contributed by atoms with E-state index in [0.717, 1.165) is 32.0 Å². The van der Waals surface area contributed by atoms with Gasteiger partial charge in [-0.2, -0.15) is 0 Å². The molecule has 0 aromatic heterocycles. The van der Waals surface area contributed by atoms with Crippen LogP contribution in [0, 0.1) is 5.92 Å². The average Bonchev–Trinajstić information content (AvgIpc) is 1.94. The molecule has 0 atom stereocenters. The first-order chi connectivity index (χ1) is 7.33. The summed E-state index contributed by atoms with van der Waals surface area (Å²) < 4.78 is 0. The van der Waals surface area contributed by atoms with Gasteiger partial charge < -0.3 is 10.2 Å². The van der Waals surface area contributed by atoms with Gasteiger partial charge in [-0.05, 0) is 25.7 Å². The molecule has 3 rings (SSSR count). The molecule has 1 amide bonds. The minimum atomic E-state index is 0.384. The summed E-state index contributed by atoms with van der Waals surface area (Å²) in [5, 5.41) is 3.62. The quantitative estimate of drug-likeness (QED) is 0.754. The number of nitrogens with one attached hydrogen (secondary N) is 1. The summed E-state index contributed by atoms with van der Waals surface area (Å²) in [6, 6.07) is 1.36. The third-order valence-electron chi connectivity index (χ3n) is 4.22. The minimum Gasteiger partial charge on any atom is -0.339 e. The Morgan fingerprint density at radius 1 is 1.00 bits per heavy atom. The zero-order valence-electron chi connectivity index (χ0n) is 9.24. The molecule has 2 saturated carbocycles. The van der Waals surface area contributed by atoms with Crippen LogP contribution in [-0.4, -0.2) is 36.0 Å². The molecule has 3 aliphatic rings. The van der Waals surface area contributed by atoms with E-state index in [0.29, 0.717) is 17.9 Å². The summed E-state index contributed by atoms with van der Waals surface area (Å²) in [5.74, 6) is 0.808. The molecule has 0 bridgehead atoms. The maximum Gasteiger partial charge on any atom is 0.225 e. The van der Waals surface area contributed by atoms with Gasteiger partial charge in [0.25, 0.3) is 0 Å². The van der Waals surface area contributed by atoms with E-state index >= 15 is 0 Å². The molecule has 84 valence electrons. The molecule has 0 aromatic rings. The van der Waals surface area contributed by atoms with Crippen LogP contribution in [0.2, 0.25) is 0 Å². The fourth-order valence-corrected chi connectivity index (χ4v) is 2.59. The smallest absolute Gasteiger partial charge is 0.225 e. The highest BCUT2D eigenvalue weighted by Crippen LogP contribution is 2.30. The molecule has 1 heterocycles. The summed E-state index contributed by atoms with van der Waals surface area (Å²) in [4.78, 5) is 13.9. The Morgan fingerprint density at radius 3 is 2.13 bits per heavy atom. The van der Waals surface area contributed by atoms with Gasteiger partial charge in [-0.1, -0.05) is 12.8 Å². The van der Waals surface area contributed by atoms with E-state index in [1.165, 1.54) is 25.7 Å². The van der Waals surface area contributed by atoms with E-state index in [1.54, 1.807) is 0 Å². The number of carbonyl (C=O) groups is 1. The molecule has 1 aliphatic heterocycles. The predicted octanol–water partition coefficient (Wildman–Crippen LogP) is 1.14. The van der Waals surface area contributed by atoms with Crippen molar-refractivity contribution in [2.24, 2.45) is 5.92 Å². The highest BCUT2D eigenvalue weighted by Gasteiger charge is 2.37. The van der Waals surface area contributed by atoms with Crippen molar-refractivity contribution in [3.05, 3.63) is 0 Å². The first-order valence-electron chi connectivity index (χ1n) is 6.38. The van der Waals surface area contributed by atoms with Gasteiger partial charge in [-0.15, -0.1) is 0 Å². The summed E-state index contributed by atoms with van der Waals surface area (Å²) in [7, 11) is 0. The lowest BCUT2D eigenvalue weighted by molar-refractivity contribution is -0.143. The molecule has 0 spiro atoms. The van der Waals surface area contributed by atoms with E-state index in [-0.39, 0.29) is 0 Å². The molecule has 0 radical (unpaired) electrons. The number of likely N-dealkylation sites (tertiary alicyclic amines) is 1. The van der Waals surface area contributed by atoms with Crippen LogP contribution in [0.25, 0.3) is 0 Å². The number of nitrogens with zero attached hydrogens (tertiary/aromatic N) is 1. The van der Waals surface area contributed by atoms with Crippen molar-refractivity contribution in [3.8, 4) is 0 Å². The van der Waals surface area contributed by atoms with Gasteiger partial charge in [-0.3, -0.25) is 4.79 Å². The maximum atomic E-state index is 11.8. The molecule has 0 unspecified atom stereocenters. The van der Waals surface area contributed by atoms with E-state index in [9.17, 15) is 4.79 Å². The summed E-state index contributed by atoms with van der Waals surface area (Å²) in [5.41, 5.74) is 0. The van der Waals surface area contributed by atoms with E-state index < -0.39 is 0 Å². The number of hydrogen-bond acceptors (Lipinski definition) is 2. The monoisotopic (exact) mass is 208 g/mol. The van der Waals surface area contributed by atoms with E-state index in [2.05, 4.69) is 5.32 Å². The lowest BCUT2D eigenvalue weighted by Crippen LogP contribution is -2.63. The van der Waals surface area contributed by atoms with Crippen LogP contribution in [-0.2, 0) is 4.79 Å². The fourth-order valence-electron chi connectivity index (χ4n) is 2.59. The molecule has 1 N–H and O–H groups in total. The van der Waals surface area contributed by atoms with Gasteiger partial charge in [0, 0.05) is 31.1 Å². The Balaban J connectivity index is 1.38. The molecule has 3 fully saturated rings. The number of amides is 1. The molecule has 3 nitrogen and oxygen atoms in total. The molecule has 3 heteroatoms. The van der Waals surface area contributed by atoms with Crippen LogP contribution >= 0.6 is 0 Å². The molecule has 2 aliphatic carbocycles. The standard InChI is InChI=1S/C12H20N2O/c15-12(9-3-1-4-9)14-7-11(8-14)13-10-5-2-6-10/h9-11,13H,1-8H2. The van der Waals surface area contributed by atoms with Crippen LogP contribution < -0.4 is 5.32 Å². The Kier molecular flexibility index (Phi) is 2.43. The molecule has 0 aromatic carbocycles. The SMILES string of the molecule is O=C(C1CCC1)N1CC(NC2CCC2)C1. The molecular formula is C12H20N2O. The largest absolute Gasteiger partial charge is 0.339 e. The van der Waals surface area contributed by atoms with Gasteiger partial charge in [0.2, 0.25) is 5.91 Å². The Bertz CT molecular complexity index is 252. The van der Waals surface area contributed by atoms with E-state index in [1.807, 2.05) is 4.90 Å². The summed E-state index contributed by atoms with van der Waals surface area (Å²) >= 11 is 0. The zero-order chi connectivity index (χ0) is 10.3. The Labute approximate surface area is 91.2 Å². The Hall–Kier alpha value is -0.570. The Morgan fingerprint density at radius 2 is 1.67 bits per heavy atom. The van der Waals surface area contributed by atoms with Gasteiger partial charge in [0.05, 0.1) is 0 Å². The van der Waals surface area contributed by atoms with Crippen molar-refractivity contribution >= 4 is 5.91 Å². The first kappa shape index (κ1) is 9.64. The van der Waals surface area contributed by atoms with Crippen LogP contribution in [0.3, 0.4) is 0 Å². The van der Waals surface area contributed by atoms with Crippen LogP contribution in [0.15, 0.2) is 0 Å². The highest BCUT2D eigenvalue weighted by atomic mass is 16.2. The summed E-state index contributed by atoms with van der Waals surface area (Å²) in [6.45, 7) is 1.93. The third-order valence-corrected chi connectivity index (χ3v) is 4.22. The van der Waals surface area contributed by atoms with E-state index in [4.69, 9.17) is 0 Å². The van der Waals surface area contributed by atoms with Gasteiger partial charge in [-0.25, -0.2) is 0 Å². The highest BCUT2D eigenvalue weighted by molar-refractivity contribution is 5.80. The van der Waals surface area contributed by atoms with Crippen molar-refractivity contribution in [3.63, 3.8) is 0 Å². The number of carbonyl (C=O) groups excluding carboxylic acids is 1. The predicted molar refractivity (Wildman–Crippen MR) is 58.5 cm³/mol. The summed E-state index contributed by atoms with van der Waals surface area (Å²) in [6.07, 6.45) is 7.59. The van der Waals surface area contributed by atoms with Crippen molar-refractivity contribution in [2.75, 3.05) is 13.1 Å². The first-order valence-corrected chi connectivity index (χ1v) is 6.38. The second-order valence-corrected chi connectivity index (χ2v) is 5.36. The second-order valence-electron chi connectivity index (χ2n) is 5.36. The molecular weight excluding hydrogens is 188 g/mol. The minimum absolute atomic E-state index is 0.384. The number of hydrogen-bond donors (Lipinski definition) is 1. The maximum absolute atomic E-state index is 11.8. The molecule has 15 heavy (non-hydrogen) atoms. The lowest BCUT2D eigenvalue weighted by Gasteiger charge is -2.45. The van der Waals surface area contributed by atoms with Gasteiger partial charge in [0.1, 0.15) is 0 Å². The number of rotatable bonds is 3. The third kappa shape index (κ3) is 1.78. The lowest BCUT2D eigenvalue weighted by atomic mass is 9.83. The second kappa shape index (κ2) is 3.78. The van der Waals surface area contributed by atoms with Gasteiger partial charge in [0.15, 0.2) is 0 Å². The van der Waals surface area contributed by atoms with Crippen LogP contribution in [0.4, 0.5) is 0 Å². The topological polar surface area (TPSA) is 32.3 Å². The van der Waals surface area contributed by atoms with Gasteiger partial charge >= 0.3 is 0 Å². The molecule has 1 saturated heterocycles. The zero-order valence-corrected chi connectivity index (χ0v) is 9.24.